The number of likely N-dealkylation sites (tertiary alicyclic amines) is 1. The fraction of sp³-hybridized carbons (Fsp3) is 0.350. The molecule has 5 heteroatoms. The van der Waals surface area contributed by atoms with Gasteiger partial charge in [0.05, 0.1) is 19.8 Å². The van der Waals surface area contributed by atoms with Gasteiger partial charge in [0.2, 0.25) is 0 Å². The van der Waals surface area contributed by atoms with Gasteiger partial charge in [0.1, 0.15) is 11.5 Å². The van der Waals surface area contributed by atoms with E-state index in [9.17, 15) is 4.79 Å². The van der Waals surface area contributed by atoms with Crippen LogP contribution >= 0.6 is 0 Å². The zero-order valence-electron chi connectivity index (χ0n) is 14.7. The number of urea groups is 1. The van der Waals surface area contributed by atoms with Gasteiger partial charge in [-0.1, -0.05) is 12.1 Å². The fourth-order valence-electron chi connectivity index (χ4n) is 3.18. The highest BCUT2D eigenvalue weighted by Crippen LogP contribution is 2.33. The fourth-order valence-corrected chi connectivity index (χ4v) is 3.18. The van der Waals surface area contributed by atoms with Crippen LogP contribution in [0, 0.1) is 0 Å². The molecular weight excluding hydrogens is 316 g/mol. The minimum absolute atomic E-state index is 0.0680. The van der Waals surface area contributed by atoms with E-state index in [4.69, 9.17) is 9.47 Å². The van der Waals surface area contributed by atoms with Crippen LogP contribution in [0.25, 0.3) is 0 Å². The summed E-state index contributed by atoms with van der Waals surface area (Å²) < 4.78 is 10.6. The number of carbonyl (C=O) groups is 1. The molecule has 1 unspecified atom stereocenters. The summed E-state index contributed by atoms with van der Waals surface area (Å²) in [5, 5.41) is 2.97. The van der Waals surface area contributed by atoms with E-state index in [-0.39, 0.29) is 12.1 Å². The van der Waals surface area contributed by atoms with Crippen molar-refractivity contribution in [3.8, 4) is 11.5 Å². The highest BCUT2D eigenvalue weighted by Gasteiger charge is 2.30. The smallest absolute Gasteiger partial charge is 0.322 e. The van der Waals surface area contributed by atoms with Crippen molar-refractivity contribution in [3.63, 3.8) is 0 Å². The molecule has 0 aromatic heterocycles. The molecule has 0 saturated carbocycles. The molecule has 0 aliphatic carbocycles. The number of amides is 2. The van der Waals surface area contributed by atoms with E-state index in [0.717, 1.165) is 42.1 Å². The molecule has 0 spiro atoms. The van der Waals surface area contributed by atoms with Gasteiger partial charge in [0.25, 0.3) is 0 Å². The summed E-state index contributed by atoms with van der Waals surface area (Å²) in [7, 11) is 1.62. The predicted molar refractivity (Wildman–Crippen MR) is 98.3 cm³/mol. The lowest BCUT2D eigenvalue weighted by molar-refractivity contribution is 0.207. The Labute approximate surface area is 148 Å². The van der Waals surface area contributed by atoms with Gasteiger partial charge in [-0.2, -0.15) is 0 Å². The van der Waals surface area contributed by atoms with E-state index in [1.54, 1.807) is 7.11 Å². The van der Waals surface area contributed by atoms with Gasteiger partial charge in [-0.15, -0.1) is 0 Å². The van der Waals surface area contributed by atoms with Crippen molar-refractivity contribution in [2.24, 2.45) is 0 Å². The predicted octanol–water partition coefficient (Wildman–Crippen LogP) is 4.46. The number of carbonyl (C=O) groups excluding carboxylic acids is 1. The molecular formula is C20H24N2O3. The monoisotopic (exact) mass is 340 g/mol. The van der Waals surface area contributed by atoms with Crippen LogP contribution in [0.4, 0.5) is 10.5 Å². The maximum absolute atomic E-state index is 12.7. The van der Waals surface area contributed by atoms with Crippen LogP contribution in [-0.4, -0.2) is 31.2 Å². The SMILES string of the molecule is CCOc1ccc(C2CCCN2C(=O)Nc2ccc(OC)cc2)cc1. The second-order valence-electron chi connectivity index (χ2n) is 6.01. The van der Waals surface area contributed by atoms with Gasteiger partial charge in [0, 0.05) is 12.2 Å². The van der Waals surface area contributed by atoms with E-state index in [0.29, 0.717) is 6.61 Å². The minimum Gasteiger partial charge on any atom is -0.497 e. The Morgan fingerprint density at radius 1 is 1.12 bits per heavy atom. The number of nitrogens with one attached hydrogen (secondary N) is 1. The van der Waals surface area contributed by atoms with Gasteiger partial charge >= 0.3 is 6.03 Å². The van der Waals surface area contributed by atoms with Gasteiger partial charge in [-0.3, -0.25) is 0 Å². The first kappa shape index (κ1) is 17.1. The van der Waals surface area contributed by atoms with Crippen molar-refractivity contribution in [2.45, 2.75) is 25.8 Å². The van der Waals surface area contributed by atoms with Crippen LogP contribution in [0.5, 0.6) is 11.5 Å². The Hall–Kier alpha value is -2.69. The molecule has 1 heterocycles. The molecule has 0 radical (unpaired) electrons. The summed E-state index contributed by atoms with van der Waals surface area (Å²) in [4.78, 5) is 14.6. The van der Waals surface area contributed by atoms with Crippen LogP contribution in [0.2, 0.25) is 0 Å². The zero-order valence-corrected chi connectivity index (χ0v) is 14.7. The van der Waals surface area contributed by atoms with Crippen molar-refractivity contribution in [2.75, 3.05) is 25.6 Å². The average molecular weight is 340 g/mol. The van der Waals surface area contributed by atoms with Crippen LogP contribution in [0.1, 0.15) is 31.4 Å². The molecule has 3 rings (SSSR count). The topological polar surface area (TPSA) is 50.8 Å². The quantitative estimate of drug-likeness (QED) is 0.874. The molecule has 0 bridgehead atoms. The van der Waals surface area contributed by atoms with Crippen molar-refractivity contribution < 1.29 is 14.3 Å². The average Bonchev–Trinajstić information content (AvgIpc) is 3.13. The third-order valence-electron chi connectivity index (χ3n) is 4.43. The van der Waals surface area contributed by atoms with Crippen LogP contribution in [0.15, 0.2) is 48.5 Å². The Bertz CT molecular complexity index is 698. The summed E-state index contributed by atoms with van der Waals surface area (Å²) in [5.74, 6) is 1.63. The third-order valence-corrected chi connectivity index (χ3v) is 4.43. The number of anilines is 1. The molecule has 2 aromatic rings. The first-order chi connectivity index (χ1) is 12.2. The molecule has 132 valence electrons. The second-order valence-corrected chi connectivity index (χ2v) is 6.01. The number of rotatable bonds is 5. The summed E-state index contributed by atoms with van der Waals surface area (Å²) in [6, 6.07) is 15.4. The van der Waals surface area contributed by atoms with Crippen molar-refractivity contribution in [1.29, 1.82) is 0 Å². The number of hydrogen-bond donors (Lipinski definition) is 1. The van der Waals surface area contributed by atoms with Crippen LogP contribution in [-0.2, 0) is 0 Å². The summed E-state index contributed by atoms with van der Waals surface area (Å²) in [6.07, 6.45) is 1.98. The lowest BCUT2D eigenvalue weighted by atomic mass is 10.0. The van der Waals surface area contributed by atoms with E-state index < -0.39 is 0 Å². The number of methoxy groups -OCH3 is 1. The first-order valence-corrected chi connectivity index (χ1v) is 8.65. The number of hydrogen-bond acceptors (Lipinski definition) is 3. The van der Waals surface area contributed by atoms with Crippen LogP contribution in [0.3, 0.4) is 0 Å². The second kappa shape index (κ2) is 7.92. The molecule has 25 heavy (non-hydrogen) atoms. The maximum atomic E-state index is 12.7. The van der Waals surface area contributed by atoms with Gasteiger partial charge in [0.15, 0.2) is 0 Å². The molecule has 1 saturated heterocycles. The number of benzene rings is 2. The van der Waals surface area contributed by atoms with E-state index in [1.165, 1.54) is 0 Å². The first-order valence-electron chi connectivity index (χ1n) is 8.65. The molecule has 5 nitrogen and oxygen atoms in total. The lowest BCUT2D eigenvalue weighted by Gasteiger charge is -2.25. The Morgan fingerprint density at radius 2 is 1.80 bits per heavy atom. The number of ether oxygens (including phenoxy) is 2. The summed E-state index contributed by atoms with van der Waals surface area (Å²) >= 11 is 0. The highest BCUT2D eigenvalue weighted by atomic mass is 16.5. The van der Waals surface area contributed by atoms with Gasteiger partial charge in [-0.25, -0.2) is 4.79 Å². The summed E-state index contributed by atoms with van der Waals surface area (Å²) in [5.41, 5.74) is 1.91. The Kier molecular flexibility index (Phi) is 5.43. The van der Waals surface area contributed by atoms with Crippen LogP contribution < -0.4 is 14.8 Å². The third kappa shape index (κ3) is 4.05. The van der Waals surface area contributed by atoms with E-state index in [2.05, 4.69) is 17.4 Å². The van der Waals surface area contributed by atoms with Crippen molar-refractivity contribution in [1.82, 2.24) is 4.90 Å². The normalized spacial score (nSPS) is 16.6. The maximum Gasteiger partial charge on any atom is 0.322 e. The zero-order chi connectivity index (χ0) is 17.6. The Morgan fingerprint density at radius 3 is 2.44 bits per heavy atom. The molecule has 1 aliphatic rings. The van der Waals surface area contributed by atoms with E-state index >= 15 is 0 Å². The van der Waals surface area contributed by atoms with Crippen molar-refractivity contribution in [3.05, 3.63) is 54.1 Å². The molecule has 1 N–H and O–H groups in total. The molecule has 2 amide bonds. The minimum atomic E-state index is -0.0680. The van der Waals surface area contributed by atoms with Crippen molar-refractivity contribution >= 4 is 11.7 Å². The van der Waals surface area contributed by atoms with E-state index in [1.807, 2.05) is 48.2 Å². The highest BCUT2D eigenvalue weighted by molar-refractivity contribution is 5.89. The number of nitrogens with zero attached hydrogens (tertiary/aromatic N) is 1. The lowest BCUT2D eigenvalue weighted by Crippen LogP contribution is -2.34. The Balaban J connectivity index is 1.68. The molecule has 1 atom stereocenters. The standard InChI is InChI=1S/C20H24N2O3/c1-3-25-18-10-6-15(7-11-18)19-5-4-14-22(19)20(23)21-16-8-12-17(24-2)13-9-16/h6-13,19H,3-5,14H2,1-2H3,(H,21,23). The molecule has 2 aromatic carbocycles. The largest absolute Gasteiger partial charge is 0.497 e. The molecule has 1 aliphatic heterocycles. The summed E-state index contributed by atoms with van der Waals surface area (Å²) in [6.45, 7) is 3.38. The van der Waals surface area contributed by atoms with Gasteiger partial charge in [-0.05, 0) is 61.7 Å². The van der Waals surface area contributed by atoms with Gasteiger partial charge < -0.3 is 19.7 Å². The molecule has 1 fully saturated rings.